The Labute approximate surface area is 94.4 Å². The number of ketones is 1. The Kier molecular flexibility index (Phi) is 3.79. The van der Waals surface area contributed by atoms with Gasteiger partial charge >= 0.3 is 6.61 Å². The highest BCUT2D eigenvalue weighted by molar-refractivity contribution is 9.10. The van der Waals surface area contributed by atoms with Crippen molar-refractivity contribution in [1.29, 1.82) is 0 Å². The van der Waals surface area contributed by atoms with E-state index in [0.29, 0.717) is 15.6 Å². The van der Waals surface area contributed by atoms with Crippen molar-refractivity contribution in [1.82, 2.24) is 0 Å². The molecule has 0 amide bonds. The average molecular weight is 279 g/mol. The fraction of sp³-hybridized carbons (Fsp3) is 0.300. The van der Waals surface area contributed by atoms with Gasteiger partial charge in [0.2, 0.25) is 0 Å². The van der Waals surface area contributed by atoms with Crippen molar-refractivity contribution >= 4 is 21.7 Å². The lowest BCUT2D eigenvalue weighted by Crippen LogP contribution is -2.04. The number of halogens is 3. The molecule has 0 saturated carbocycles. The van der Waals surface area contributed by atoms with Crippen LogP contribution in [0.3, 0.4) is 0 Å². The zero-order chi connectivity index (χ0) is 11.6. The molecule has 0 unspecified atom stereocenters. The first-order valence-electron chi connectivity index (χ1n) is 4.17. The van der Waals surface area contributed by atoms with Crippen molar-refractivity contribution in [3.8, 4) is 5.75 Å². The van der Waals surface area contributed by atoms with Crippen LogP contribution in [0.4, 0.5) is 8.78 Å². The molecule has 0 saturated heterocycles. The van der Waals surface area contributed by atoms with Gasteiger partial charge in [0.1, 0.15) is 5.75 Å². The molecule has 0 spiro atoms. The van der Waals surface area contributed by atoms with Crippen molar-refractivity contribution in [3.63, 3.8) is 0 Å². The van der Waals surface area contributed by atoms with Crippen molar-refractivity contribution in [2.75, 3.05) is 0 Å². The Balaban J connectivity index is 3.17. The molecule has 82 valence electrons. The van der Waals surface area contributed by atoms with Crippen molar-refractivity contribution in [2.24, 2.45) is 0 Å². The van der Waals surface area contributed by atoms with Crippen molar-refractivity contribution < 1.29 is 18.3 Å². The molecule has 0 aromatic heterocycles. The number of carbonyl (C=O) groups excluding carboxylic acids is 1. The Bertz CT molecular complexity index is 391. The molecule has 1 aromatic rings. The number of hydrogen-bond donors (Lipinski definition) is 0. The van der Waals surface area contributed by atoms with E-state index in [9.17, 15) is 13.6 Å². The maximum absolute atomic E-state index is 12.0. The monoisotopic (exact) mass is 278 g/mol. The first-order valence-corrected chi connectivity index (χ1v) is 4.97. The van der Waals surface area contributed by atoms with Gasteiger partial charge in [-0.2, -0.15) is 8.78 Å². The van der Waals surface area contributed by atoms with E-state index in [0.717, 1.165) is 0 Å². The van der Waals surface area contributed by atoms with E-state index in [1.807, 2.05) is 0 Å². The fourth-order valence-electron chi connectivity index (χ4n) is 1.16. The second-order valence-electron chi connectivity index (χ2n) is 3.04. The topological polar surface area (TPSA) is 26.3 Å². The van der Waals surface area contributed by atoms with Gasteiger partial charge in [-0.05, 0) is 47.5 Å². The minimum Gasteiger partial charge on any atom is -0.435 e. The SMILES string of the molecule is CC(=O)c1cc(OC(F)F)cc(C)c1Br. The van der Waals surface area contributed by atoms with Crippen LogP contribution in [0.15, 0.2) is 16.6 Å². The zero-order valence-corrected chi connectivity index (χ0v) is 9.77. The smallest absolute Gasteiger partial charge is 0.387 e. The first-order chi connectivity index (χ1) is 6.91. The van der Waals surface area contributed by atoms with Crippen LogP contribution in [0.25, 0.3) is 0 Å². The highest BCUT2D eigenvalue weighted by Crippen LogP contribution is 2.28. The van der Waals surface area contributed by atoms with Crippen LogP contribution >= 0.6 is 15.9 Å². The summed E-state index contributed by atoms with van der Waals surface area (Å²) in [5.74, 6) is -0.208. The molecule has 0 radical (unpaired) electrons. The lowest BCUT2D eigenvalue weighted by Gasteiger charge is -2.09. The molecule has 0 aliphatic heterocycles. The van der Waals surface area contributed by atoms with Gasteiger partial charge in [0.15, 0.2) is 5.78 Å². The second kappa shape index (κ2) is 4.70. The van der Waals surface area contributed by atoms with Crippen LogP contribution in [0, 0.1) is 6.92 Å². The van der Waals surface area contributed by atoms with E-state index in [1.54, 1.807) is 6.92 Å². The summed E-state index contributed by atoms with van der Waals surface area (Å²) in [6.07, 6.45) is 0. The Morgan fingerprint density at radius 1 is 1.47 bits per heavy atom. The Morgan fingerprint density at radius 3 is 2.53 bits per heavy atom. The highest BCUT2D eigenvalue weighted by Gasteiger charge is 2.12. The molecule has 1 rings (SSSR count). The molecule has 0 bridgehead atoms. The molecule has 0 N–H and O–H groups in total. The highest BCUT2D eigenvalue weighted by atomic mass is 79.9. The number of ether oxygens (including phenoxy) is 1. The molecular weight excluding hydrogens is 270 g/mol. The summed E-state index contributed by atoms with van der Waals surface area (Å²) in [6.45, 7) is 0.186. The standard InChI is InChI=1S/C10H9BrF2O2/c1-5-3-7(15-10(12)13)4-8(6(2)14)9(5)11/h3-4,10H,1-2H3. The molecule has 5 heteroatoms. The number of aryl methyl sites for hydroxylation is 1. The molecule has 1 aromatic carbocycles. The third-order valence-corrected chi connectivity index (χ3v) is 2.89. The van der Waals surface area contributed by atoms with Crippen LogP contribution in [-0.2, 0) is 0 Å². The first kappa shape index (κ1) is 12.1. The predicted molar refractivity (Wildman–Crippen MR) is 55.5 cm³/mol. The summed E-state index contributed by atoms with van der Waals surface area (Å²) in [4.78, 5) is 11.2. The fourth-order valence-corrected chi connectivity index (χ4v) is 1.67. The predicted octanol–water partition coefficient (Wildman–Crippen LogP) is 3.56. The molecule has 0 aliphatic rings. The van der Waals surface area contributed by atoms with E-state index in [1.165, 1.54) is 19.1 Å². The number of rotatable bonds is 3. The quantitative estimate of drug-likeness (QED) is 0.791. The number of hydrogen-bond acceptors (Lipinski definition) is 2. The van der Waals surface area contributed by atoms with Crippen LogP contribution in [0.5, 0.6) is 5.75 Å². The van der Waals surface area contributed by atoms with Crippen LogP contribution in [0.2, 0.25) is 0 Å². The summed E-state index contributed by atoms with van der Waals surface area (Å²) >= 11 is 3.22. The van der Waals surface area contributed by atoms with Crippen LogP contribution < -0.4 is 4.74 Å². The molecule has 0 fully saturated rings. The van der Waals surface area contributed by atoms with Crippen molar-refractivity contribution in [2.45, 2.75) is 20.5 Å². The van der Waals surface area contributed by atoms with Gasteiger partial charge in [0.25, 0.3) is 0 Å². The molecule has 2 nitrogen and oxygen atoms in total. The Hall–Kier alpha value is -0.970. The largest absolute Gasteiger partial charge is 0.435 e. The van der Waals surface area contributed by atoms with Gasteiger partial charge in [0, 0.05) is 10.0 Å². The molecular formula is C10H9BrF2O2. The molecule has 15 heavy (non-hydrogen) atoms. The van der Waals surface area contributed by atoms with E-state index in [2.05, 4.69) is 20.7 Å². The number of carbonyl (C=O) groups is 1. The van der Waals surface area contributed by atoms with E-state index in [4.69, 9.17) is 0 Å². The lowest BCUT2D eigenvalue weighted by atomic mass is 10.1. The van der Waals surface area contributed by atoms with Gasteiger partial charge in [-0.15, -0.1) is 0 Å². The third kappa shape index (κ3) is 2.99. The van der Waals surface area contributed by atoms with Crippen LogP contribution in [-0.4, -0.2) is 12.4 Å². The average Bonchev–Trinajstić information content (AvgIpc) is 2.09. The van der Waals surface area contributed by atoms with E-state index >= 15 is 0 Å². The van der Waals surface area contributed by atoms with Gasteiger partial charge in [-0.1, -0.05) is 0 Å². The number of Topliss-reactive ketones (excluding diaryl/α,β-unsaturated/α-hetero) is 1. The summed E-state index contributed by atoms with van der Waals surface area (Å²) < 4.78 is 28.8. The normalized spacial score (nSPS) is 10.5. The van der Waals surface area contributed by atoms with Crippen LogP contribution in [0.1, 0.15) is 22.8 Å². The van der Waals surface area contributed by atoms with E-state index in [-0.39, 0.29) is 11.5 Å². The third-order valence-electron chi connectivity index (χ3n) is 1.83. The number of alkyl halides is 2. The molecule has 0 aliphatic carbocycles. The minimum atomic E-state index is -2.88. The summed E-state index contributed by atoms with van der Waals surface area (Å²) in [6, 6.07) is 2.74. The van der Waals surface area contributed by atoms with Gasteiger partial charge in [-0.25, -0.2) is 0 Å². The summed E-state index contributed by atoms with van der Waals surface area (Å²) in [7, 11) is 0. The van der Waals surface area contributed by atoms with Crippen molar-refractivity contribution in [3.05, 3.63) is 27.7 Å². The second-order valence-corrected chi connectivity index (χ2v) is 3.83. The summed E-state index contributed by atoms with van der Waals surface area (Å²) in [5.41, 5.74) is 1.02. The molecule has 0 atom stereocenters. The van der Waals surface area contributed by atoms with E-state index < -0.39 is 6.61 Å². The molecule has 0 heterocycles. The Morgan fingerprint density at radius 2 is 2.07 bits per heavy atom. The minimum absolute atomic E-state index is 0.00380. The number of benzene rings is 1. The summed E-state index contributed by atoms with van der Waals surface area (Å²) in [5, 5.41) is 0. The van der Waals surface area contributed by atoms with Gasteiger partial charge in [-0.3, -0.25) is 4.79 Å². The lowest BCUT2D eigenvalue weighted by molar-refractivity contribution is -0.0499. The van der Waals surface area contributed by atoms with Gasteiger partial charge < -0.3 is 4.74 Å². The van der Waals surface area contributed by atoms with Gasteiger partial charge in [0.05, 0.1) is 0 Å². The zero-order valence-electron chi connectivity index (χ0n) is 8.18. The maximum Gasteiger partial charge on any atom is 0.387 e. The maximum atomic E-state index is 12.0.